The van der Waals surface area contributed by atoms with Crippen molar-refractivity contribution in [2.75, 3.05) is 32.8 Å². The van der Waals surface area contributed by atoms with Gasteiger partial charge >= 0.3 is 0 Å². The first-order chi connectivity index (χ1) is 9.70. The summed E-state index contributed by atoms with van der Waals surface area (Å²) in [7, 11) is 0. The van der Waals surface area contributed by atoms with E-state index in [0.717, 1.165) is 31.7 Å². The van der Waals surface area contributed by atoms with Crippen molar-refractivity contribution in [1.82, 2.24) is 10.2 Å². The third kappa shape index (κ3) is 3.72. The molecule has 5 nitrogen and oxygen atoms in total. The summed E-state index contributed by atoms with van der Waals surface area (Å²) < 4.78 is 5.63. The first-order valence-electron chi connectivity index (χ1n) is 6.83. The topological polar surface area (TPSA) is 65.4 Å². The largest absolute Gasteiger partial charge is 0.493 e. The fourth-order valence-electron chi connectivity index (χ4n) is 2.15. The molecule has 1 aromatic rings. The number of amides is 1. The molecule has 0 spiro atoms. The van der Waals surface area contributed by atoms with Crippen LogP contribution in [0.15, 0.2) is 18.2 Å². The lowest BCUT2D eigenvalue weighted by atomic mass is 10.1. The van der Waals surface area contributed by atoms with Crippen molar-refractivity contribution in [2.24, 2.45) is 0 Å². The van der Waals surface area contributed by atoms with Gasteiger partial charge in [0.15, 0.2) is 0 Å². The molecule has 1 aromatic carbocycles. The van der Waals surface area contributed by atoms with Crippen LogP contribution in [0, 0.1) is 18.3 Å². The van der Waals surface area contributed by atoms with E-state index in [9.17, 15) is 4.79 Å². The molecule has 106 valence electrons. The first-order valence-corrected chi connectivity index (χ1v) is 6.83. The molecule has 1 amide bonds. The van der Waals surface area contributed by atoms with E-state index in [1.807, 2.05) is 17.9 Å². The van der Waals surface area contributed by atoms with Gasteiger partial charge in [-0.05, 0) is 24.6 Å². The fourth-order valence-corrected chi connectivity index (χ4v) is 2.15. The Morgan fingerprint density at radius 1 is 1.45 bits per heavy atom. The van der Waals surface area contributed by atoms with Crippen LogP contribution in [0.5, 0.6) is 5.75 Å². The molecule has 2 rings (SSSR count). The average molecular weight is 273 g/mol. The van der Waals surface area contributed by atoms with Crippen molar-refractivity contribution in [2.45, 2.75) is 13.3 Å². The van der Waals surface area contributed by atoms with Crippen LogP contribution < -0.4 is 10.1 Å². The highest BCUT2D eigenvalue weighted by Gasteiger charge is 2.15. The molecule has 1 aliphatic heterocycles. The lowest BCUT2D eigenvalue weighted by Gasteiger charge is -2.27. The van der Waals surface area contributed by atoms with Crippen LogP contribution in [0.2, 0.25) is 0 Å². The number of aryl methyl sites for hydroxylation is 1. The highest BCUT2D eigenvalue weighted by atomic mass is 16.5. The quantitative estimate of drug-likeness (QED) is 0.891. The van der Waals surface area contributed by atoms with E-state index in [1.165, 1.54) is 0 Å². The van der Waals surface area contributed by atoms with Gasteiger partial charge in [0.1, 0.15) is 5.75 Å². The molecule has 0 aromatic heterocycles. The van der Waals surface area contributed by atoms with E-state index in [2.05, 4.69) is 11.4 Å². The van der Waals surface area contributed by atoms with E-state index >= 15 is 0 Å². The van der Waals surface area contributed by atoms with Crippen LogP contribution in [0.3, 0.4) is 0 Å². The van der Waals surface area contributed by atoms with Crippen molar-refractivity contribution < 1.29 is 9.53 Å². The molecule has 20 heavy (non-hydrogen) atoms. The number of benzene rings is 1. The molecule has 0 unspecified atom stereocenters. The second kappa shape index (κ2) is 6.92. The summed E-state index contributed by atoms with van der Waals surface area (Å²) in [5, 5.41) is 12.1. The molecule has 0 saturated carbocycles. The van der Waals surface area contributed by atoms with Crippen LogP contribution in [0.4, 0.5) is 0 Å². The summed E-state index contributed by atoms with van der Waals surface area (Å²) in [5.74, 6) is 0.803. The zero-order chi connectivity index (χ0) is 14.4. The molecule has 1 fully saturated rings. The highest BCUT2D eigenvalue weighted by molar-refractivity contribution is 5.76. The molecule has 0 radical (unpaired) electrons. The second-order valence-electron chi connectivity index (χ2n) is 4.82. The number of hydrogen-bond donors (Lipinski definition) is 1. The average Bonchev–Trinajstić information content (AvgIpc) is 2.50. The number of carbonyl (C=O) groups excluding carboxylic acids is 1. The molecule has 1 N–H and O–H groups in total. The Balaban J connectivity index is 1.83. The molecule has 0 atom stereocenters. The number of rotatable bonds is 4. The normalized spacial score (nSPS) is 14.7. The maximum atomic E-state index is 12.0. The Bertz CT molecular complexity index is 516. The summed E-state index contributed by atoms with van der Waals surface area (Å²) >= 11 is 0. The van der Waals surface area contributed by atoms with Gasteiger partial charge in [-0.1, -0.05) is 6.07 Å². The molecule has 0 aliphatic carbocycles. The molecule has 1 saturated heterocycles. The molecule has 5 heteroatoms. The van der Waals surface area contributed by atoms with Crippen LogP contribution >= 0.6 is 0 Å². The maximum Gasteiger partial charge on any atom is 0.226 e. The van der Waals surface area contributed by atoms with Crippen LogP contribution in [-0.2, 0) is 4.79 Å². The fraction of sp³-hybridized carbons (Fsp3) is 0.467. The minimum absolute atomic E-state index is 0.126. The van der Waals surface area contributed by atoms with Gasteiger partial charge in [0.25, 0.3) is 0 Å². The molecule has 1 aliphatic rings. The van der Waals surface area contributed by atoms with Crippen molar-refractivity contribution >= 4 is 5.91 Å². The summed E-state index contributed by atoms with van der Waals surface area (Å²) in [6, 6.07) is 7.41. The standard InChI is InChI=1S/C15H19N3O2/c1-12-2-3-13(11-16)10-14(12)20-9-4-15(19)18-7-5-17-6-8-18/h2-3,10,17H,4-9H2,1H3. The molecule has 1 heterocycles. The molecular weight excluding hydrogens is 254 g/mol. The van der Waals surface area contributed by atoms with Gasteiger partial charge < -0.3 is 15.0 Å². The minimum Gasteiger partial charge on any atom is -0.493 e. The SMILES string of the molecule is Cc1ccc(C#N)cc1OCCC(=O)N1CCNCC1. The third-order valence-electron chi connectivity index (χ3n) is 3.36. The second-order valence-corrected chi connectivity index (χ2v) is 4.82. The first kappa shape index (κ1) is 14.4. The van der Waals surface area contributed by atoms with Gasteiger partial charge in [-0.25, -0.2) is 0 Å². The van der Waals surface area contributed by atoms with Crippen LogP contribution in [-0.4, -0.2) is 43.6 Å². The van der Waals surface area contributed by atoms with Crippen molar-refractivity contribution in [3.05, 3.63) is 29.3 Å². The van der Waals surface area contributed by atoms with E-state index in [0.29, 0.717) is 24.3 Å². The van der Waals surface area contributed by atoms with Crippen molar-refractivity contribution in [3.63, 3.8) is 0 Å². The number of nitrogens with zero attached hydrogens (tertiary/aromatic N) is 2. The Morgan fingerprint density at radius 2 is 2.20 bits per heavy atom. The Morgan fingerprint density at radius 3 is 2.90 bits per heavy atom. The number of carbonyl (C=O) groups is 1. The zero-order valence-electron chi connectivity index (χ0n) is 11.7. The van der Waals surface area contributed by atoms with Gasteiger partial charge in [0, 0.05) is 26.2 Å². The van der Waals surface area contributed by atoms with Crippen LogP contribution in [0.1, 0.15) is 17.5 Å². The maximum absolute atomic E-state index is 12.0. The summed E-state index contributed by atoms with van der Waals surface area (Å²) in [6.07, 6.45) is 0.371. The number of nitrogens with one attached hydrogen (secondary N) is 1. The van der Waals surface area contributed by atoms with E-state index in [4.69, 9.17) is 10.00 Å². The highest BCUT2D eigenvalue weighted by Crippen LogP contribution is 2.19. The lowest BCUT2D eigenvalue weighted by Crippen LogP contribution is -2.46. The van der Waals surface area contributed by atoms with Gasteiger partial charge in [-0.3, -0.25) is 4.79 Å². The van der Waals surface area contributed by atoms with Gasteiger partial charge in [0.05, 0.1) is 24.7 Å². The number of hydrogen-bond acceptors (Lipinski definition) is 4. The van der Waals surface area contributed by atoms with Crippen molar-refractivity contribution in [1.29, 1.82) is 5.26 Å². The Hall–Kier alpha value is -2.06. The van der Waals surface area contributed by atoms with E-state index in [1.54, 1.807) is 12.1 Å². The van der Waals surface area contributed by atoms with Gasteiger partial charge in [0.2, 0.25) is 5.91 Å². The smallest absolute Gasteiger partial charge is 0.226 e. The number of ether oxygens (including phenoxy) is 1. The summed E-state index contributed by atoms with van der Waals surface area (Å²) in [4.78, 5) is 13.8. The number of nitriles is 1. The summed E-state index contributed by atoms with van der Waals surface area (Å²) in [5.41, 5.74) is 1.54. The van der Waals surface area contributed by atoms with E-state index in [-0.39, 0.29) is 5.91 Å². The van der Waals surface area contributed by atoms with Gasteiger partial charge in [-0.15, -0.1) is 0 Å². The predicted molar refractivity (Wildman–Crippen MR) is 75.5 cm³/mol. The molecular formula is C15H19N3O2. The molecule has 0 bridgehead atoms. The number of piperazine rings is 1. The Kier molecular flexibility index (Phi) is 4.97. The Labute approximate surface area is 119 Å². The monoisotopic (exact) mass is 273 g/mol. The zero-order valence-corrected chi connectivity index (χ0v) is 11.7. The summed E-state index contributed by atoms with van der Waals surface area (Å²) in [6.45, 7) is 5.52. The minimum atomic E-state index is 0.126. The van der Waals surface area contributed by atoms with Gasteiger partial charge in [-0.2, -0.15) is 5.26 Å². The van der Waals surface area contributed by atoms with Crippen LogP contribution in [0.25, 0.3) is 0 Å². The third-order valence-corrected chi connectivity index (χ3v) is 3.36. The lowest BCUT2D eigenvalue weighted by molar-refractivity contribution is -0.132. The predicted octanol–water partition coefficient (Wildman–Crippen LogP) is 1.07. The van der Waals surface area contributed by atoms with E-state index < -0.39 is 0 Å². The van der Waals surface area contributed by atoms with Crippen molar-refractivity contribution in [3.8, 4) is 11.8 Å².